The summed E-state index contributed by atoms with van der Waals surface area (Å²) in [6, 6.07) is 7.25. The molecule has 0 heterocycles. The Morgan fingerprint density at radius 1 is 1.10 bits per heavy atom. The first-order chi connectivity index (χ1) is 10.2. The number of hydrogen-bond acceptors (Lipinski definition) is 5. The highest BCUT2D eigenvalue weighted by Gasteiger charge is 2.13. The van der Waals surface area contributed by atoms with Crippen molar-refractivity contribution in [1.29, 1.82) is 0 Å². The molecule has 5 heteroatoms. The number of benzene rings is 1. The van der Waals surface area contributed by atoms with Crippen molar-refractivity contribution >= 4 is 5.78 Å². The number of hydrogen-bond donors (Lipinski definition) is 0. The molecule has 1 rings (SSSR count). The summed E-state index contributed by atoms with van der Waals surface area (Å²) in [5, 5.41) is 0. The minimum Gasteiger partial charge on any atom is -0.497 e. The topological polar surface area (TPSA) is 48.0 Å². The third-order valence-electron chi connectivity index (χ3n) is 3.19. The van der Waals surface area contributed by atoms with Crippen LogP contribution in [0.5, 0.6) is 5.75 Å². The Balaban J connectivity index is 2.60. The van der Waals surface area contributed by atoms with Gasteiger partial charge in [0, 0.05) is 39.5 Å². The first kappa shape index (κ1) is 17.6. The lowest BCUT2D eigenvalue weighted by molar-refractivity contribution is 0.0877. The largest absolute Gasteiger partial charge is 0.497 e. The van der Waals surface area contributed by atoms with Gasteiger partial charge in [0.25, 0.3) is 0 Å². The SMILES string of the molecule is COCCCN(CCOC)CC(=O)c1cccc(OC)c1. The molecule has 0 bridgehead atoms. The van der Waals surface area contributed by atoms with Crippen LogP contribution in [0.25, 0.3) is 0 Å². The van der Waals surface area contributed by atoms with Crippen LogP contribution in [0.15, 0.2) is 24.3 Å². The van der Waals surface area contributed by atoms with Gasteiger partial charge >= 0.3 is 0 Å². The molecule has 0 atom stereocenters. The fourth-order valence-corrected chi connectivity index (χ4v) is 2.01. The Morgan fingerprint density at radius 2 is 1.86 bits per heavy atom. The van der Waals surface area contributed by atoms with Gasteiger partial charge in [0.2, 0.25) is 0 Å². The lowest BCUT2D eigenvalue weighted by Crippen LogP contribution is -2.34. The van der Waals surface area contributed by atoms with Crippen molar-refractivity contribution in [2.24, 2.45) is 0 Å². The maximum atomic E-state index is 12.3. The number of nitrogens with zero attached hydrogens (tertiary/aromatic N) is 1. The molecule has 0 saturated carbocycles. The third-order valence-corrected chi connectivity index (χ3v) is 3.19. The van der Waals surface area contributed by atoms with E-state index in [0.29, 0.717) is 31.1 Å². The van der Waals surface area contributed by atoms with Crippen LogP contribution in [0.4, 0.5) is 0 Å². The van der Waals surface area contributed by atoms with Gasteiger partial charge in [0.15, 0.2) is 5.78 Å². The molecular formula is C16H25NO4. The molecule has 0 aliphatic rings. The van der Waals surface area contributed by atoms with E-state index in [0.717, 1.165) is 19.5 Å². The molecule has 0 unspecified atom stereocenters. The first-order valence-electron chi connectivity index (χ1n) is 7.08. The van der Waals surface area contributed by atoms with Crippen molar-refractivity contribution in [2.75, 3.05) is 54.2 Å². The smallest absolute Gasteiger partial charge is 0.176 e. The van der Waals surface area contributed by atoms with Crippen LogP contribution < -0.4 is 4.74 Å². The Hall–Kier alpha value is -1.43. The summed E-state index contributed by atoms with van der Waals surface area (Å²) in [7, 11) is 4.94. The van der Waals surface area contributed by atoms with Crippen molar-refractivity contribution in [3.8, 4) is 5.75 Å². The van der Waals surface area contributed by atoms with Crippen LogP contribution in [0.3, 0.4) is 0 Å². The Bertz CT molecular complexity index is 422. The highest BCUT2D eigenvalue weighted by molar-refractivity contribution is 5.97. The first-order valence-corrected chi connectivity index (χ1v) is 7.08. The monoisotopic (exact) mass is 295 g/mol. The fourth-order valence-electron chi connectivity index (χ4n) is 2.01. The van der Waals surface area contributed by atoms with Gasteiger partial charge in [-0.15, -0.1) is 0 Å². The molecule has 0 N–H and O–H groups in total. The number of carbonyl (C=O) groups excluding carboxylic acids is 1. The third kappa shape index (κ3) is 6.71. The zero-order valence-corrected chi connectivity index (χ0v) is 13.1. The molecule has 0 fully saturated rings. The van der Waals surface area contributed by atoms with Gasteiger partial charge in [0.1, 0.15) is 5.75 Å². The van der Waals surface area contributed by atoms with Gasteiger partial charge in [0.05, 0.1) is 20.3 Å². The van der Waals surface area contributed by atoms with E-state index in [-0.39, 0.29) is 5.78 Å². The fraction of sp³-hybridized carbons (Fsp3) is 0.562. The summed E-state index contributed by atoms with van der Waals surface area (Å²) >= 11 is 0. The van der Waals surface area contributed by atoms with Crippen LogP contribution in [-0.4, -0.2) is 64.9 Å². The maximum Gasteiger partial charge on any atom is 0.176 e. The molecular weight excluding hydrogens is 270 g/mol. The van der Waals surface area contributed by atoms with Gasteiger partial charge in [-0.25, -0.2) is 0 Å². The summed E-state index contributed by atoms with van der Waals surface area (Å²) in [5.41, 5.74) is 0.670. The molecule has 0 radical (unpaired) electrons. The minimum atomic E-state index is 0.0856. The molecule has 0 saturated heterocycles. The van der Waals surface area contributed by atoms with Gasteiger partial charge in [-0.3, -0.25) is 9.69 Å². The number of rotatable bonds is 11. The summed E-state index contributed by atoms with van der Waals surface area (Å²) in [6.45, 7) is 3.22. The zero-order valence-electron chi connectivity index (χ0n) is 13.1. The molecule has 5 nitrogen and oxygen atoms in total. The predicted octanol–water partition coefficient (Wildman–Crippen LogP) is 1.86. The summed E-state index contributed by atoms with van der Waals surface area (Å²) in [5.74, 6) is 0.783. The number of ketones is 1. The number of methoxy groups -OCH3 is 3. The standard InChI is InChI=1S/C16H25NO4/c1-19-10-5-8-17(9-11-20-2)13-16(18)14-6-4-7-15(12-14)21-3/h4,6-7,12H,5,8-11,13H2,1-3H3. The minimum absolute atomic E-state index is 0.0856. The van der Waals surface area contributed by atoms with E-state index < -0.39 is 0 Å². The van der Waals surface area contributed by atoms with Gasteiger partial charge in [-0.2, -0.15) is 0 Å². The molecule has 0 amide bonds. The average Bonchev–Trinajstić information content (AvgIpc) is 2.52. The summed E-state index contributed by atoms with van der Waals surface area (Å²) < 4.78 is 15.3. The molecule has 1 aromatic carbocycles. The van der Waals surface area contributed by atoms with Crippen LogP contribution >= 0.6 is 0 Å². The zero-order chi connectivity index (χ0) is 15.5. The van der Waals surface area contributed by atoms with Crippen LogP contribution in [-0.2, 0) is 9.47 Å². The van der Waals surface area contributed by atoms with E-state index in [1.54, 1.807) is 27.4 Å². The summed E-state index contributed by atoms with van der Waals surface area (Å²) in [4.78, 5) is 14.4. The van der Waals surface area contributed by atoms with Crippen molar-refractivity contribution < 1.29 is 19.0 Å². The molecule has 0 spiro atoms. The van der Waals surface area contributed by atoms with E-state index >= 15 is 0 Å². The van der Waals surface area contributed by atoms with Crippen molar-refractivity contribution in [3.63, 3.8) is 0 Å². The molecule has 21 heavy (non-hydrogen) atoms. The van der Waals surface area contributed by atoms with Crippen molar-refractivity contribution in [2.45, 2.75) is 6.42 Å². The normalized spacial score (nSPS) is 10.9. The highest BCUT2D eigenvalue weighted by atomic mass is 16.5. The van der Waals surface area contributed by atoms with Crippen LogP contribution in [0, 0.1) is 0 Å². The maximum absolute atomic E-state index is 12.3. The summed E-state index contributed by atoms with van der Waals surface area (Å²) in [6.07, 6.45) is 0.894. The number of Topliss-reactive ketones (excluding diaryl/α,β-unsaturated/α-hetero) is 1. The van der Waals surface area contributed by atoms with Crippen LogP contribution in [0.1, 0.15) is 16.8 Å². The molecule has 0 aliphatic carbocycles. The molecule has 0 aromatic heterocycles. The Kier molecular flexibility index (Phi) is 8.66. The van der Waals surface area contributed by atoms with Crippen LogP contribution in [0.2, 0.25) is 0 Å². The van der Waals surface area contributed by atoms with E-state index in [1.165, 1.54) is 0 Å². The van der Waals surface area contributed by atoms with Crippen molar-refractivity contribution in [1.82, 2.24) is 4.90 Å². The van der Waals surface area contributed by atoms with E-state index in [9.17, 15) is 4.79 Å². The van der Waals surface area contributed by atoms with E-state index in [1.807, 2.05) is 18.2 Å². The average molecular weight is 295 g/mol. The molecule has 1 aromatic rings. The van der Waals surface area contributed by atoms with Crippen molar-refractivity contribution in [3.05, 3.63) is 29.8 Å². The second-order valence-corrected chi connectivity index (χ2v) is 4.77. The highest BCUT2D eigenvalue weighted by Crippen LogP contribution is 2.13. The lowest BCUT2D eigenvalue weighted by atomic mass is 10.1. The van der Waals surface area contributed by atoms with E-state index in [4.69, 9.17) is 14.2 Å². The van der Waals surface area contributed by atoms with Gasteiger partial charge in [-0.05, 0) is 18.6 Å². The Labute approximate surface area is 126 Å². The second-order valence-electron chi connectivity index (χ2n) is 4.77. The second kappa shape index (κ2) is 10.3. The van der Waals surface area contributed by atoms with E-state index in [2.05, 4.69) is 4.90 Å². The number of ether oxygens (including phenoxy) is 3. The molecule has 0 aliphatic heterocycles. The Morgan fingerprint density at radius 3 is 2.52 bits per heavy atom. The quantitative estimate of drug-likeness (QED) is 0.461. The predicted molar refractivity (Wildman–Crippen MR) is 82.1 cm³/mol. The molecule has 118 valence electrons. The van der Waals surface area contributed by atoms with Gasteiger partial charge in [-0.1, -0.05) is 12.1 Å². The van der Waals surface area contributed by atoms with Gasteiger partial charge < -0.3 is 14.2 Å². The lowest BCUT2D eigenvalue weighted by Gasteiger charge is -2.21. The number of carbonyl (C=O) groups is 1.